The molecular weight excluding hydrogens is 525 g/mol. The van der Waals surface area contributed by atoms with Crippen molar-refractivity contribution >= 4 is 29.0 Å². The molecular formula is C30H26ClF3N4O. The van der Waals surface area contributed by atoms with E-state index in [1.807, 2.05) is 30.3 Å². The second-order valence-corrected chi connectivity index (χ2v) is 9.90. The van der Waals surface area contributed by atoms with Gasteiger partial charge in [0.2, 0.25) is 0 Å². The van der Waals surface area contributed by atoms with E-state index >= 15 is 0 Å². The molecule has 5 rings (SSSR count). The molecule has 39 heavy (non-hydrogen) atoms. The first-order valence-electron chi connectivity index (χ1n) is 12.5. The maximum atomic E-state index is 12.7. The Kier molecular flexibility index (Phi) is 7.48. The number of nitrogens with zero attached hydrogens (tertiary/aromatic N) is 2. The number of fused-ring (bicyclic) bond motifs is 1. The third kappa shape index (κ3) is 6.17. The summed E-state index contributed by atoms with van der Waals surface area (Å²) in [6, 6.07) is 19.9. The van der Waals surface area contributed by atoms with Crippen LogP contribution < -0.4 is 15.5 Å². The standard InChI is InChI=1S/C30H26ClF3N4O/c1-19-2-11-26(31)14-24(19)18-38-13-12-35-28-27(38)15-23(17-36-28)21-5-7-22(8-6-21)29(39)37-16-20-3-9-25(10-4-20)30(32,33)34/h2-11,14-15,17H,12-13,16,18H2,1H3,(H,35,36)(H,37,39). The second-order valence-electron chi connectivity index (χ2n) is 9.47. The van der Waals surface area contributed by atoms with Crippen molar-refractivity contribution in [3.63, 3.8) is 0 Å². The highest BCUT2D eigenvalue weighted by Gasteiger charge is 2.30. The minimum atomic E-state index is -4.39. The van der Waals surface area contributed by atoms with Gasteiger partial charge in [0.05, 0.1) is 11.3 Å². The molecule has 1 aromatic heterocycles. The van der Waals surface area contributed by atoms with Gasteiger partial charge in [-0.25, -0.2) is 4.98 Å². The summed E-state index contributed by atoms with van der Waals surface area (Å²) in [5, 5.41) is 6.82. The van der Waals surface area contributed by atoms with E-state index in [0.29, 0.717) is 22.7 Å². The topological polar surface area (TPSA) is 57.3 Å². The van der Waals surface area contributed by atoms with Gasteiger partial charge in [-0.15, -0.1) is 0 Å². The molecule has 4 aromatic rings. The smallest absolute Gasteiger partial charge is 0.367 e. The number of aromatic nitrogens is 1. The Morgan fingerprint density at radius 3 is 2.49 bits per heavy atom. The van der Waals surface area contributed by atoms with E-state index in [1.54, 1.807) is 18.3 Å². The SMILES string of the molecule is Cc1ccc(Cl)cc1CN1CCNc2ncc(-c3ccc(C(=O)NCc4ccc(C(F)(F)F)cc4)cc3)cc21. The van der Waals surface area contributed by atoms with Gasteiger partial charge in [-0.2, -0.15) is 13.2 Å². The Bertz CT molecular complexity index is 1490. The summed E-state index contributed by atoms with van der Waals surface area (Å²) < 4.78 is 38.2. The van der Waals surface area contributed by atoms with E-state index in [-0.39, 0.29) is 12.5 Å². The molecule has 0 bridgehead atoms. The van der Waals surface area contributed by atoms with Gasteiger partial charge in [0.25, 0.3) is 5.91 Å². The third-order valence-corrected chi connectivity index (χ3v) is 7.00. The van der Waals surface area contributed by atoms with Crippen LogP contribution in [0.25, 0.3) is 11.1 Å². The maximum absolute atomic E-state index is 12.7. The molecule has 3 aromatic carbocycles. The zero-order valence-electron chi connectivity index (χ0n) is 21.1. The Morgan fingerprint density at radius 2 is 1.77 bits per heavy atom. The van der Waals surface area contributed by atoms with Crippen molar-refractivity contribution in [2.45, 2.75) is 26.2 Å². The van der Waals surface area contributed by atoms with Crippen LogP contribution in [0.1, 0.15) is 32.6 Å². The Labute approximate surface area is 229 Å². The molecule has 5 nitrogen and oxygen atoms in total. The number of pyridine rings is 1. The Balaban J connectivity index is 1.28. The van der Waals surface area contributed by atoms with Crippen molar-refractivity contribution in [3.05, 3.63) is 112 Å². The van der Waals surface area contributed by atoms with Crippen molar-refractivity contribution in [1.29, 1.82) is 0 Å². The molecule has 2 heterocycles. The number of carbonyl (C=O) groups is 1. The van der Waals surface area contributed by atoms with Gasteiger partial charge in [0.15, 0.2) is 0 Å². The predicted octanol–water partition coefficient (Wildman–Crippen LogP) is 7.09. The number of nitrogens with one attached hydrogen (secondary N) is 2. The number of rotatable bonds is 6. The fourth-order valence-corrected chi connectivity index (χ4v) is 4.70. The average molecular weight is 551 g/mol. The predicted molar refractivity (Wildman–Crippen MR) is 148 cm³/mol. The molecule has 9 heteroatoms. The van der Waals surface area contributed by atoms with Crippen molar-refractivity contribution in [2.24, 2.45) is 0 Å². The maximum Gasteiger partial charge on any atom is 0.416 e. The van der Waals surface area contributed by atoms with E-state index < -0.39 is 11.7 Å². The number of anilines is 2. The molecule has 2 N–H and O–H groups in total. The lowest BCUT2D eigenvalue weighted by atomic mass is 10.0. The molecule has 200 valence electrons. The summed E-state index contributed by atoms with van der Waals surface area (Å²) >= 11 is 6.24. The summed E-state index contributed by atoms with van der Waals surface area (Å²) in [6.07, 6.45) is -2.58. The monoisotopic (exact) mass is 550 g/mol. The van der Waals surface area contributed by atoms with E-state index in [4.69, 9.17) is 11.6 Å². The van der Waals surface area contributed by atoms with Crippen molar-refractivity contribution < 1.29 is 18.0 Å². The van der Waals surface area contributed by atoms with Crippen LogP contribution in [-0.4, -0.2) is 24.0 Å². The summed E-state index contributed by atoms with van der Waals surface area (Å²) in [7, 11) is 0. The Hall–Kier alpha value is -4.04. The van der Waals surface area contributed by atoms with Gasteiger partial charge < -0.3 is 15.5 Å². The molecule has 1 aliphatic rings. The molecule has 0 saturated carbocycles. The number of carbonyl (C=O) groups excluding carboxylic acids is 1. The van der Waals surface area contributed by atoms with Crippen molar-refractivity contribution in [1.82, 2.24) is 10.3 Å². The summed E-state index contributed by atoms with van der Waals surface area (Å²) in [4.78, 5) is 19.5. The quantitative estimate of drug-likeness (QED) is 0.269. The van der Waals surface area contributed by atoms with E-state index in [9.17, 15) is 18.0 Å². The van der Waals surface area contributed by atoms with Gasteiger partial charge in [0, 0.05) is 48.5 Å². The molecule has 1 amide bonds. The molecule has 0 atom stereocenters. The number of hydrogen-bond acceptors (Lipinski definition) is 4. The number of alkyl halides is 3. The van der Waals surface area contributed by atoms with Crippen LogP contribution >= 0.6 is 11.6 Å². The van der Waals surface area contributed by atoms with Crippen LogP contribution in [0, 0.1) is 6.92 Å². The number of amides is 1. The number of halogens is 4. The summed E-state index contributed by atoms with van der Waals surface area (Å²) in [5.41, 5.74) is 5.48. The average Bonchev–Trinajstić information content (AvgIpc) is 2.93. The summed E-state index contributed by atoms with van der Waals surface area (Å²) in [6.45, 7) is 4.52. The normalized spacial score (nSPS) is 13.0. The molecule has 0 spiro atoms. The zero-order valence-corrected chi connectivity index (χ0v) is 21.9. The zero-order chi connectivity index (χ0) is 27.6. The van der Waals surface area contributed by atoms with Crippen LogP contribution in [0.4, 0.5) is 24.7 Å². The highest BCUT2D eigenvalue weighted by Crippen LogP contribution is 2.33. The number of aryl methyl sites for hydroxylation is 1. The highest BCUT2D eigenvalue weighted by molar-refractivity contribution is 6.30. The van der Waals surface area contributed by atoms with E-state index in [0.717, 1.165) is 53.4 Å². The van der Waals surface area contributed by atoms with Gasteiger partial charge in [0.1, 0.15) is 5.82 Å². The van der Waals surface area contributed by atoms with E-state index in [2.05, 4.69) is 33.5 Å². The Morgan fingerprint density at radius 1 is 1.03 bits per heavy atom. The fraction of sp³-hybridized carbons (Fsp3) is 0.200. The summed E-state index contributed by atoms with van der Waals surface area (Å²) in [5.74, 6) is 0.515. The number of benzene rings is 3. The minimum absolute atomic E-state index is 0.127. The van der Waals surface area contributed by atoms with Gasteiger partial charge in [-0.1, -0.05) is 41.9 Å². The third-order valence-electron chi connectivity index (χ3n) is 6.77. The largest absolute Gasteiger partial charge is 0.416 e. The van der Waals surface area contributed by atoms with Gasteiger partial charge in [-0.05, 0) is 71.6 Å². The minimum Gasteiger partial charge on any atom is -0.367 e. The number of hydrogen-bond donors (Lipinski definition) is 2. The first-order valence-corrected chi connectivity index (χ1v) is 12.8. The van der Waals surface area contributed by atoms with Gasteiger partial charge in [-0.3, -0.25) is 4.79 Å². The highest BCUT2D eigenvalue weighted by atomic mass is 35.5. The van der Waals surface area contributed by atoms with Crippen LogP contribution in [0.3, 0.4) is 0 Å². The molecule has 0 fully saturated rings. The first-order chi connectivity index (χ1) is 18.7. The van der Waals surface area contributed by atoms with Crippen LogP contribution in [-0.2, 0) is 19.3 Å². The van der Waals surface area contributed by atoms with Crippen LogP contribution in [0.2, 0.25) is 5.02 Å². The fourth-order valence-electron chi connectivity index (χ4n) is 4.51. The molecule has 0 radical (unpaired) electrons. The van der Waals surface area contributed by atoms with Gasteiger partial charge >= 0.3 is 6.18 Å². The molecule has 1 aliphatic heterocycles. The lowest BCUT2D eigenvalue weighted by Crippen LogP contribution is -2.34. The van der Waals surface area contributed by atoms with E-state index in [1.165, 1.54) is 17.7 Å². The van der Waals surface area contributed by atoms with Crippen LogP contribution in [0.15, 0.2) is 79.0 Å². The lowest BCUT2D eigenvalue weighted by Gasteiger charge is -2.32. The second kappa shape index (κ2) is 11.0. The molecule has 0 unspecified atom stereocenters. The molecule has 0 aliphatic carbocycles. The van der Waals surface area contributed by atoms with Crippen molar-refractivity contribution in [2.75, 3.05) is 23.3 Å². The van der Waals surface area contributed by atoms with Crippen molar-refractivity contribution in [3.8, 4) is 11.1 Å². The van der Waals surface area contributed by atoms with Crippen LogP contribution in [0.5, 0.6) is 0 Å². The first kappa shape index (κ1) is 26.6. The lowest BCUT2D eigenvalue weighted by molar-refractivity contribution is -0.137. The molecule has 0 saturated heterocycles.